The highest BCUT2D eigenvalue weighted by atomic mass is 19.3. The van der Waals surface area contributed by atoms with Crippen molar-refractivity contribution in [2.75, 3.05) is 0 Å². The molecule has 0 amide bonds. The van der Waals surface area contributed by atoms with Crippen molar-refractivity contribution < 1.29 is 22.3 Å². The van der Waals surface area contributed by atoms with Crippen molar-refractivity contribution >= 4 is 0 Å². The number of benzene rings is 3. The molecule has 0 bridgehead atoms. The second-order valence-corrected chi connectivity index (χ2v) is 10.0. The van der Waals surface area contributed by atoms with E-state index in [-0.39, 0.29) is 17.5 Å². The Morgan fingerprint density at radius 1 is 0.811 bits per heavy atom. The zero-order valence-electron chi connectivity index (χ0n) is 21.2. The molecular weight excluding hydrogens is 476 g/mol. The first kappa shape index (κ1) is 27.0. The van der Waals surface area contributed by atoms with E-state index in [0.29, 0.717) is 22.3 Å². The minimum atomic E-state index is -3.40. The lowest BCUT2D eigenvalue weighted by Gasteiger charge is -2.27. The lowest BCUT2D eigenvalue weighted by Crippen LogP contribution is -2.22. The van der Waals surface area contributed by atoms with Crippen LogP contribution in [0.3, 0.4) is 0 Å². The van der Waals surface area contributed by atoms with Gasteiger partial charge in [-0.2, -0.15) is 8.78 Å². The van der Waals surface area contributed by atoms with E-state index in [2.05, 4.69) is 6.92 Å². The summed E-state index contributed by atoms with van der Waals surface area (Å²) in [5.74, 6) is 0.119. The maximum Gasteiger partial charge on any atom is 0.419 e. The third-order valence-corrected chi connectivity index (χ3v) is 7.24. The lowest BCUT2D eigenvalue weighted by atomic mass is 9.79. The number of unbranched alkanes of at least 4 members (excludes halogenated alkanes) is 2. The van der Waals surface area contributed by atoms with Gasteiger partial charge in [0.05, 0.1) is 0 Å². The normalized spacial score (nSPS) is 18.3. The van der Waals surface area contributed by atoms with E-state index < -0.39 is 11.9 Å². The summed E-state index contributed by atoms with van der Waals surface area (Å²) in [5.41, 5.74) is 2.21. The first-order valence-electron chi connectivity index (χ1n) is 13.2. The molecule has 0 N–H and O–H groups in total. The second kappa shape index (κ2) is 12.4. The number of rotatable bonds is 10. The van der Waals surface area contributed by atoms with E-state index in [1.54, 1.807) is 30.3 Å². The predicted molar refractivity (Wildman–Crippen MR) is 142 cm³/mol. The number of alkyl halides is 2. The van der Waals surface area contributed by atoms with Crippen molar-refractivity contribution in [3.8, 4) is 28.0 Å². The molecule has 0 heterocycles. The molecule has 196 valence electrons. The standard InChI is InChI=1S/C32H34F4O/c1-2-3-4-5-23-6-8-24(9-7-23)20-21-32(35,36)37-29-17-12-25(13-18-29)27-14-19-30(31(34)22-27)26-10-15-28(33)16-11-26/h10-24H,2-9H2,1H3/b21-20+. The Morgan fingerprint density at radius 2 is 1.46 bits per heavy atom. The van der Waals surface area contributed by atoms with Crippen molar-refractivity contribution in [2.45, 2.75) is 64.4 Å². The predicted octanol–water partition coefficient (Wildman–Crippen LogP) is 10.2. The van der Waals surface area contributed by atoms with Gasteiger partial charge in [-0.3, -0.25) is 0 Å². The number of halogens is 4. The van der Waals surface area contributed by atoms with Gasteiger partial charge in [-0.1, -0.05) is 75.1 Å². The Balaban J connectivity index is 1.33. The average molecular weight is 511 g/mol. The molecule has 0 spiro atoms. The molecule has 1 saturated carbocycles. The summed E-state index contributed by atoms with van der Waals surface area (Å²) < 4.78 is 61.8. The van der Waals surface area contributed by atoms with Crippen LogP contribution in [0.25, 0.3) is 22.3 Å². The highest BCUT2D eigenvalue weighted by Crippen LogP contribution is 2.34. The van der Waals surface area contributed by atoms with Crippen LogP contribution in [-0.4, -0.2) is 6.11 Å². The van der Waals surface area contributed by atoms with Gasteiger partial charge < -0.3 is 4.74 Å². The third kappa shape index (κ3) is 7.70. The number of ether oxygens (including phenoxy) is 1. The molecule has 37 heavy (non-hydrogen) atoms. The fourth-order valence-corrected chi connectivity index (χ4v) is 5.07. The molecule has 0 saturated heterocycles. The fraction of sp³-hybridized carbons (Fsp3) is 0.375. The van der Waals surface area contributed by atoms with Gasteiger partial charge in [0.25, 0.3) is 0 Å². The Kier molecular flexibility index (Phi) is 9.07. The summed E-state index contributed by atoms with van der Waals surface area (Å²) >= 11 is 0. The van der Waals surface area contributed by atoms with Crippen LogP contribution < -0.4 is 4.74 Å². The molecule has 0 aromatic heterocycles. The minimum absolute atomic E-state index is 0.0430. The van der Waals surface area contributed by atoms with Crippen molar-refractivity contribution in [3.05, 3.63) is 90.5 Å². The fourth-order valence-electron chi connectivity index (χ4n) is 5.07. The molecule has 3 aromatic rings. The van der Waals surface area contributed by atoms with E-state index in [1.165, 1.54) is 68.1 Å². The third-order valence-electron chi connectivity index (χ3n) is 7.24. The summed E-state index contributed by atoms with van der Waals surface area (Å²) in [6.45, 7) is 2.20. The van der Waals surface area contributed by atoms with Crippen molar-refractivity contribution in [1.29, 1.82) is 0 Å². The monoisotopic (exact) mass is 510 g/mol. The van der Waals surface area contributed by atoms with E-state index >= 15 is 0 Å². The summed E-state index contributed by atoms with van der Waals surface area (Å²) in [5, 5.41) is 0. The van der Waals surface area contributed by atoms with Crippen LogP contribution in [0.4, 0.5) is 17.6 Å². The number of allylic oxidation sites excluding steroid dienone is 1. The zero-order chi connectivity index (χ0) is 26.3. The lowest BCUT2D eigenvalue weighted by molar-refractivity contribution is -0.132. The van der Waals surface area contributed by atoms with Gasteiger partial charge in [0, 0.05) is 11.6 Å². The molecule has 3 aromatic carbocycles. The molecule has 1 fully saturated rings. The van der Waals surface area contributed by atoms with Gasteiger partial charge in [0.15, 0.2) is 0 Å². The number of hydrogen-bond acceptors (Lipinski definition) is 1. The molecule has 1 nitrogen and oxygen atoms in total. The van der Waals surface area contributed by atoms with Gasteiger partial charge >= 0.3 is 6.11 Å². The summed E-state index contributed by atoms with van der Waals surface area (Å²) in [4.78, 5) is 0. The van der Waals surface area contributed by atoms with Crippen LogP contribution in [0, 0.1) is 23.5 Å². The second-order valence-electron chi connectivity index (χ2n) is 10.0. The van der Waals surface area contributed by atoms with Crippen LogP contribution in [0.15, 0.2) is 78.9 Å². The maximum absolute atomic E-state index is 14.7. The largest absolute Gasteiger partial charge is 0.429 e. The van der Waals surface area contributed by atoms with E-state index in [4.69, 9.17) is 4.74 Å². The molecular formula is C32H34F4O. The highest BCUT2D eigenvalue weighted by molar-refractivity contribution is 5.71. The zero-order valence-corrected chi connectivity index (χ0v) is 21.2. The quantitative estimate of drug-likeness (QED) is 0.150. The van der Waals surface area contributed by atoms with E-state index in [1.807, 2.05) is 0 Å². The molecule has 0 unspecified atom stereocenters. The van der Waals surface area contributed by atoms with Gasteiger partial charge in [0.2, 0.25) is 0 Å². The Bertz CT molecular complexity index is 1160. The Morgan fingerprint density at radius 3 is 2.11 bits per heavy atom. The maximum atomic E-state index is 14.7. The summed E-state index contributed by atoms with van der Waals surface area (Å²) in [6.07, 6.45) is 8.23. The van der Waals surface area contributed by atoms with Crippen LogP contribution in [0.1, 0.15) is 58.3 Å². The summed E-state index contributed by atoms with van der Waals surface area (Å²) in [6, 6.07) is 16.5. The molecule has 0 radical (unpaired) electrons. The molecule has 5 heteroatoms. The van der Waals surface area contributed by atoms with Crippen LogP contribution >= 0.6 is 0 Å². The summed E-state index contributed by atoms with van der Waals surface area (Å²) in [7, 11) is 0. The smallest absolute Gasteiger partial charge is 0.419 e. The van der Waals surface area contributed by atoms with Crippen molar-refractivity contribution in [3.63, 3.8) is 0 Å². The van der Waals surface area contributed by atoms with Crippen molar-refractivity contribution in [2.24, 2.45) is 11.8 Å². The number of hydrogen-bond donors (Lipinski definition) is 0. The molecule has 0 aliphatic heterocycles. The average Bonchev–Trinajstić information content (AvgIpc) is 2.89. The Hall–Kier alpha value is -3.08. The highest BCUT2D eigenvalue weighted by Gasteiger charge is 2.29. The molecule has 1 aliphatic carbocycles. The molecule has 0 atom stereocenters. The Labute approximate surface area is 217 Å². The van der Waals surface area contributed by atoms with Crippen LogP contribution in [-0.2, 0) is 0 Å². The SMILES string of the molecule is CCCCCC1CCC(/C=C/C(F)(F)Oc2ccc(-c3ccc(-c4ccc(F)cc4)c(F)c3)cc2)CC1. The van der Waals surface area contributed by atoms with Gasteiger partial charge in [-0.25, -0.2) is 8.78 Å². The van der Waals surface area contributed by atoms with E-state index in [9.17, 15) is 17.6 Å². The van der Waals surface area contributed by atoms with Crippen LogP contribution in [0.5, 0.6) is 5.75 Å². The first-order valence-corrected chi connectivity index (χ1v) is 13.2. The molecule has 4 rings (SSSR count). The van der Waals surface area contributed by atoms with Gasteiger partial charge in [-0.05, 0) is 84.5 Å². The van der Waals surface area contributed by atoms with Crippen molar-refractivity contribution in [1.82, 2.24) is 0 Å². The molecule has 1 aliphatic rings. The first-order chi connectivity index (χ1) is 17.8. The van der Waals surface area contributed by atoms with E-state index in [0.717, 1.165) is 37.7 Å². The minimum Gasteiger partial charge on any atom is -0.429 e. The van der Waals surface area contributed by atoms with Crippen LogP contribution in [0.2, 0.25) is 0 Å². The van der Waals surface area contributed by atoms with Gasteiger partial charge in [0.1, 0.15) is 17.4 Å². The topological polar surface area (TPSA) is 9.23 Å². The van der Waals surface area contributed by atoms with Gasteiger partial charge in [-0.15, -0.1) is 0 Å².